The highest BCUT2D eigenvalue weighted by atomic mass is 31.2. The summed E-state index contributed by atoms with van der Waals surface area (Å²) in [5.74, 6) is -0.107. The third kappa shape index (κ3) is 6.61. The molecular formula is C13H28O7P2. The van der Waals surface area contributed by atoms with Crippen molar-refractivity contribution in [3.63, 3.8) is 0 Å². The number of hydrogen-bond donors (Lipinski definition) is 0. The number of hydrogen-bond acceptors (Lipinski definition) is 7. The third-order valence-electron chi connectivity index (χ3n) is 2.72. The topological polar surface area (TPSA) is 88.1 Å². The molecule has 0 aromatic carbocycles. The van der Waals surface area contributed by atoms with Gasteiger partial charge in [-0.05, 0) is 41.0 Å². The van der Waals surface area contributed by atoms with E-state index >= 15 is 0 Å². The van der Waals surface area contributed by atoms with Crippen LogP contribution in [-0.4, -0.2) is 37.6 Å². The van der Waals surface area contributed by atoms with Crippen LogP contribution in [0.2, 0.25) is 0 Å². The summed E-state index contributed by atoms with van der Waals surface area (Å²) in [6.07, 6.45) is 0.156. The lowest BCUT2D eigenvalue weighted by molar-refractivity contribution is -0.117. The second-order valence-electron chi connectivity index (χ2n) is 4.47. The Labute approximate surface area is 133 Å². The second kappa shape index (κ2) is 10.7. The van der Waals surface area contributed by atoms with Gasteiger partial charge in [0.15, 0.2) is 5.40 Å². The molecule has 0 aromatic heterocycles. The summed E-state index contributed by atoms with van der Waals surface area (Å²) in [7, 11) is -7.46. The fourth-order valence-corrected chi connectivity index (χ4v) is 7.31. The van der Waals surface area contributed by atoms with Gasteiger partial charge in [0.05, 0.1) is 26.4 Å². The highest BCUT2D eigenvalue weighted by Crippen LogP contribution is 2.71. The van der Waals surface area contributed by atoms with Gasteiger partial charge in [0.1, 0.15) is 5.78 Å². The lowest BCUT2D eigenvalue weighted by atomic mass is 10.2. The van der Waals surface area contributed by atoms with Gasteiger partial charge >= 0.3 is 15.2 Å². The molecule has 0 aliphatic heterocycles. The molecule has 0 aliphatic rings. The van der Waals surface area contributed by atoms with Gasteiger partial charge in [-0.1, -0.05) is 0 Å². The average molecular weight is 358 g/mol. The van der Waals surface area contributed by atoms with E-state index in [9.17, 15) is 13.9 Å². The quantitative estimate of drug-likeness (QED) is 0.456. The smallest absolute Gasteiger partial charge is 0.308 e. The fraction of sp³-hybridized carbons (Fsp3) is 0.923. The summed E-state index contributed by atoms with van der Waals surface area (Å²) >= 11 is 0. The van der Waals surface area contributed by atoms with Crippen molar-refractivity contribution in [1.29, 1.82) is 0 Å². The van der Waals surface area contributed by atoms with Gasteiger partial charge < -0.3 is 22.9 Å². The lowest BCUT2D eigenvalue weighted by Crippen LogP contribution is -2.18. The zero-order valence-corrected chi connectivity index (χ0v) is 15.9. The van der Waals surface area contributed by atoms with Crippen LogP contribution in [0.15, 0.2) is 0 Å². The maximum atomic E-state index is 13.0. The Kier molecular flexibility index (Phi) is 10.7. The number of rotatable bonds is 13. The van der Waals surface area contributed by atoms with Crippen molar-refractivity contribution < 1.29 is 32.0 Å². The molecular weight excluding hydrogens is 330 g/mol. The molecule has 0 N–H and O–H groups in total. The Morgan fingerprint density at radius 1 is 0.818 bits per heavy atom. The molecule has 0 saturated heterocycles. The van der Waals surface area contributed by atoms with E-state index in [1.165, 1.54) is 6.92 Å². The first-order chi connectivity index (χ1) is 10.3. The van der Waals surface area contributed by atoms with Crippen molar-refractivity contribution in [2.75, 3.05) is 26.4 Å². The molecule has 0 atom stereocenters. The Bertz CT molecular complexity index is 375. The Morgan fingerprint density at radius 2 is 1.14 bits per heavy atom. The zero-order valence-electron chi connectivity index (χ0n) is 14.1. The van der Waals surface area contributed by atoms with Crippen LogP contribution in [0, 0.1) is 0 Å². The van der Waals surface area contributed by atoms with Gasteiger partial charge in [-0.25, -0.2) is 0 Å². The van der Waals surface area contributed by atoms with E-state index in [-0.39, 0.29) is 45.1 Å². The molecule has 0 saturated carbocycles. The van der Waals surface area contributed by atoms with Crippen LogP contribution >= 0.6 is 15.2 Å². The Hall–Kier alpha value is -0.0300. The molecule has 0 radical (unpaired) electrons. The van der Waals surface area contributed by atoms with Gasteiger partial charge in [0.25, 0.3) is 0 Å². The molecule has 0 heterocycles. The molecule has 0 rings (SSSR count). The summed E-state index contributed by atoms with van der Waals surface area (Å²) in [5, 5.41) is -1.11. The molecule has 0 bridgehead atoms. The van der Waals surface area contributed by atoms with E-state index in [0.717, 1.165) is 0 Å². The van der Waals surface area contributed by atoms with Crippen LogP contribution in [0.5, 0.6) is 0 Å². The van der Waals surface area contributed by atoms with Crippen LogP contribution in [0.1, 0.15) is 47.5 Å². The van der Waals surface area contributed by atoms with E-state index < -0.39 is 20.6 Å². The van der Waals surface area contributed by atoms with Crippen molar-refractivity contribution in [2.24, 2.45) is 0 Å². The average Bonchev–Trinajstić information content (AvgIpc) is 2.39. The number of carbonyl (C=O) groups is 1. The second-order valence-corrected chi connectivity index (χ2v) is 9.32. The summed E-state index contributed by atoms with van der Waals surface area (Å²) in [5.41, 5.74) is 0. The van der Waals surface area contributed by atoms with Crippen LogP contribution in [0.4, 0.5) is 0 Å². The normalized spacial score (nSPS) is 12.8. The van der Waals surface area contributed by atoms with Crippen molar-refractivity contribution in [2.45, 2.75) is 52.9 Å². The predicted octanol–water partition coefficient (Wildman–Crippen LogP) is 4.21. The van der Waals surface area contributed by atoms with Crippen molar-refractivity contribution in [3.8, 4) is 0 Å². The third-order valence-corrected chi connectivity index (χ3v) is 8.87. The zero-order chi connectivity index (χ0) is 17.2. The Balaban J connectivity index is 5.68. The molecule has 0 amide bonds. The number of ketones is 1. The largest absolute Gasteiger partial charge is 0.345 e. The van der Waals surface area contributed by atoms with E-state index in [0.29, 0.717) is 0 Å². The minimum Gasteiger partial charge on any atom is -0.308 e. The monoisotopic (exact) mass is 358 g/mol. The molecule has 0 unspecified atom stereocenters. The summed E-state index contributed by atoms with van der Waals surface area (Å²) in [6.45, 7) is 8.60. The maximum absolute atomic E-state index is 13.0. The van der Waals surface area contributed by atoms with Gasteiger partial charge in [-0.15, -0.1) is 0 Å². The van der Waals surface area contributed by atoms with E-state index in [1.807, 2.05) is 0 Å². The summed E-state index contributed by atoms with van der Waals surface area (Å²) < 4.78 is 47.2. The van der Waals surface area contributed by atoms with Crippen LogP contribution < -0.4 is 0 Å². The van der Waals surface area contributed by atoms with Crippen molar-refractivity contribution in [1.82, 2.24) is 0 Å². The molecule has 0 spiro atoms. The molecule has 9 heteroatoms. The van der Waals surface area contributed by atoms with Gasteiger partial charge in [0.2, 0.25) is 0 Å². The predicted molar refractivity (Wildman–Crippen MR) is 85.4 cm³/mol. The highest BCUT2D eigenvalue weighted by Gasteiger charge is 2.50. The van der Waals surface area contributed by atoms with Gasteiger partial charge in [0, 0.05) is 6.42 Å². The molecule has 132 valence electrons. The standard InChI is InChI=1S/C13H28O7P2/c1-6-17-21(15,18-7-2)13(11-10-12(5)14)22(16,19-8-3)20-9-4/h13H,6-11H2,1-5H3. The van der Waals surface area contributed by atoms with E-state index in [1.54, 1.807) is 27.7 Å². The maximum Gasteiger partial charge on any atom is 0.345 e. The molecule has 0 aliphatic carbocycles. The fourth-order valence-electron chi connectivity index (χ4n) is 1.96. The number of Topliss-reactive ketones (excluding diaryl/α,β-unsaturated/α-hetero) is 1. The van der Waals surface area contributed by atoms with Crippen molar-refractivity contribution in [3.05, 3.63) is 0 Å². The highest BCUT2D eigenvalue weighted by molar-refractivity contribution is 7.72. The lowest BCUT2D eigenvalue weighted by Gasteiger charge is -2.31. The first-order valence-corrected chi connectivity index (χ1v) is 10.8. The molecule has 7 nitrogen and oxygen atoms in total. The van der Waals surface area contributed by atoms with Gasteiger partial charge in [-0.2, -0.15) is 0 Å². The number of carbonyl (C=O) groups excluding carboxylic acids is 1. The molecule has 22 heavy (non-hydrogen) atoms. The molecule has 0 fully saturated rings. The van der Waals surface area contributed by atoms with E-state index in [4.69, 9.17) is 18.1 Å². The summed E-state index contributed by atoms with van der Waals surface area (Å²) in [4.78, 5) is 11.3. The first-order valence-electron chi connectivity index (χ1n) is 7.56. The van der Waals surface area contributed by atoms with E-state index in [2.05, 4.69) is 0 Å². The minimum atomic E-state index is -3.73. The Morgan fingerprint density at radius 3 is 1.36 bits per heavy atom. The minimum absolute atomic E-state index is 0.0594. The van der Waals surface area contributed by atoms with Crippen LogP contribution in [0.3, 0.4) is 0 Å². The molecule has 0 aromatic rings. The SMILES string of the molecule is CCOP(=O)(OCC)C(CCC(C)=O)P(=O)(OCC)OCC. The van der Waals surface area contributed by atoms with Crippen LogP contribution in [-0.2, 0) is 32.0 Å². The van der Waals surface area contributed by atoms with Gasteiger partial charge in [-0.3, -0.25) is 9.13 Å². The van der Waals surface area contributed by atoms with Crippen molar-refractivity contribution >= 4 is 21.0 Å². The first kappa shape index (κ1) is 22.0. The van der Waals surface area contributed by atoms with Crippen LogP contribution in [0.25, 0.3) is 0 Å². The summed E-state index contributed by atoms with van der Waals surface area (Å²) in [6, 6.07) is 0.